The first-order chi connectivity index (χ1) is 8.56. The summed E-state index contributed by atoms with van der Waals surface area (Å²) in [5.41, 5.74) is 0.0428. The van der Waals surface area contributed by atoms with Gasteiger partial charge in [-0.2, -0.15) is 0 Å². The molecule has 5 heteroatoms. The van der Waals surface area contributed by atoms with Crippen molar-refractivity contribution in [2.75, 3.05) is 6.61 Å². The van der Waals surface area contributed by atoms with Crippen LogP contribution in [-0.4, -0.2) is 14.9 Å². The summed E-state index contributed by atoms with van der Waals surface area (Å²) in [5.74, 6) is -1.08. The second kappa shape index (κ2) is 6.02. The van der Waals surface area contributed by atoms with Crippen LogP contribution < -0.4 is 0 Å². The van der Waals surface area contributed by atoms with Gasteiger partial charge in [-0.3, -0.25) is 0 Å². The predicted octanol–water partition coefficient (Wildman–Crippen LogP) is 5.42. The predicted molar refractivity (Wildman–Crippen MR) is 81.2 cm³/mol. The molecular formula is C14H21BrF2OSi. The molecule has 0 bridgehead atoms. The molecule has 1 rings (SSSR count). The fourth-order valence-corrected chi connectivity index (χ4v) is 3.22. The Bertz CT molecular complexity index is 423. The van der Waals surface area contributed by atoms with E-state index in [1.54, 1.807) is 0 Å². The Morgan fingerprint density at radius 2 is 1.68 bits per heavy atom. The number of benzene rings is 1. The molecule has 1 aromatic rings. The molecule has 0 aliphatic rings. The molecule has 0 spiro atoms. The zero-order valence-electron chi connectivity index (χ0n) is 12.1. The quantitative estimate of drug-likeness (QED) is 0.520. The minimum Gasteiger partial charge on any atom is -0.415 e. The van der Waals surface area contributed by atoms with E-state index in [0.29, 0.717) is 0 Å². The van der Waals surface area contributed by atoms with Gasteiger partial charge in [-0.1, -0.05) is 42.8 Å². The van der Waals surface area contributed by atoms with Gasteiger partial charge in [0, 0.05) is 5.56 Å². The van der Waals surface area contributed by atoms with Crippen LogP contribution in [0.3, 0.4) is 0 Å². The third-order valence-corrected chi connectivity index (χ3v) is 8.93. The third-order valence-electron chi connectivity index (χ3n) is 3.71. The van der Waals surface area contributed by atoms with Gasteiger partial charge in [0.25, 0.3) is 0 Å². The average molecular weight is 351 g/mol. The van der Waals surface area contributed by atoms with Crippen molar-refractivity contribution in [3.63, 3.8) is 0 Å². The summed E-state index contributed by atoms with van der Waals surface area (Å²) in [6, 6.07) is 3.89. The van der Waals surface area contributed by atoms with E-state index in [0.717, 1.165) is 0 Å². The first kappa shape index (κ1) is 16.8. The topological polar surface area (TPSA) is 9.23 Å². The van der Waals surface area contributed by atoms with E-state index >= 15 is 0 Å². The van der Waals surface area contributed by atoms with E-state index in [1.165, 1.54) is 18.2 Å². The van der Waals surface area contributed by atoms with Gasteiger partial charge in [-0.05, 0) is 30.3 Å². The summed E-state index contributed by atoms with van der Waals surface area (Å²) >= 11 is 3.32. The number of hydrogen-bond acceptors (Lipinski definition) is 1. The van der Waals surface area contributed by atoms with Crippen molar-refractivity contribution >= 4 is 24.2 Å². The molecule has 0 radical (unpaired) electrons. The molecule has 1 atom stereocenters. The lowest BCUT2D eigenvalue weighted by Gasteiger charge is -2.36. The minimum absolute atomic E-state index is 0.0428. The summed E-state index contributed by atoms with van der Waals surface area (Å²) in [5, 5.41) is 0.0769. The van der Waals surface area contributed by atoms with Crippen LogP contribution in [0, 0.1) is 11.6 Å². The van der Waals surface area contributed by atoms with Crippen LogP contribution in [0.15, 0.2) is 18.2 Å². The zero-order valence-corrected chi connectivity index (χ0v) is 14.6. The maximum atomic E-state index is 13.6. The monoisotopic (exact) mass is 350 g/mol. The molecule has 0 N–H and O–H groups in total. The number of alkyl halides is 1. The van der Waals surface area contributed by atoms with E-state index in [9.17, 15) is 8.78 Å². The fraction of sp³-hybridized carbons (Fsp3) is 0.571. The summed E-state index contributed by atoms with van der Waals surface area (Å²) < 4.78 is 33.3. The molecule has 0 heterocycles. The summed E-state index contributed by atoms with van der Waals surface area (Å²) in [6.45, 7) is 10.9. The van der Waals surface area contributed by atoms with Crippen LogP contribution in [0.2, 0.25) is 18.1 Å². The molecule has 1 aromatic carbocycles. The van der Waals surface area contributed by atoms with Gasteiger partial charge in [0.1, 0.15) is 11.6 Å². The standard InChI is InChI=1S/C14H21BrF2OSi/c1-14(2,3)19(4,5)18-9-10(15)13-11(16)7-6-8-12(13)17/h6-8,10H,9H2,1-5H3. The first-order valence-electron chi connectivity index (χ1n) is 6.28. The lowest BCUT2D eigenvalue weighted by molar-refractivity contribution is 0.287. The highest BCUT2D eigenvalue weighted by molar-refractivity contribution is 9.09. The van der Waals surface area contributed by atoms with Crippen LogP contribution >= 0.6 is 15.9 Å². The number of hydrogen-bond donors (Lipinski definition) is 0. The maximum Gasteiger partial charge on any atom is 0.192 e. The van der Waals surface area contributed by atoms with Gasteiger partial charge in [0.2, 0.25) is 0 Å². The van der Waals surface area contributed by atoms with Gasteiger partial charge in [-0.15, -0.1) is 0 Å². The van der Waals surface area contributed by atoms with E-state index in [2.05, 4.69) is 49.8 Å². The van der Waals surface area contributed by atoms with Crippen LogP contribution in [0.1, 0.15) is 31.2 Å². The number of halogens is 3. The van der Waals surface area contributed by atoms with Crippen molar-refractivity contribution in [3.8, 4) is 0 Å². The van der Waals surface area contributed by atoms with Gasteiger partial charge >= 0.3 is 0 Å². The van der Waals surface area contributed by atoms with E-state index < -0.39 is 24.8 Å². The van der Waals surface area contributed by atoms with Crippen LogP contribution in [0.25, 0.3) is 0 Å². The van der Waals surface area contributed by atoms with Crippen LogP contribution in [-0.2, 0) is 4.43 Å². The molecule has 0 saturated carbocycles. The average Bonchev–Trinajstić information content (AvgIpc) is 2.24. The lowest BCUT2D eigenvalue weighted by atomic mass is 10.1. The second-order valence-electron chi connectivity index (χ2n) is 6.17. The van der Waals surface area contributed by atoms with E-state index in [1.807, 2.05) is 0 Å². The highest BCUT2D eigenvalue weighted by Crippen LogP contribution is 2.38. The molecule has 0 fully saturated rings. The maximum absolute atomic E-state index is 13.6. The van der Waals surface area contributed by atoms with Crippen molar-refractivity contribution in [3.05, 3.63) is 35.4 Å². The summed E-state index contributed by atoms with van der Waals surface area (Å²) in [7, 11) is -1.91. The second-order valence-corrected chi connectivity index (χ2v) is 12.1. The lowest BCUT2D eigenvalue weighted by Crippen LogP contribution is -2.41. The van der Waals surface area contributed by atoms with E-state index in [4.69, 9.17) is 4.43 Å². The smallest absolute Gasteiger partial charge is 0.192 e. The highest BCUT2D eigenvalue weighted by atomic mass is 79.9. The van der Waals surface area contributed by atoms with Crippen molar-refractivity contribution < 1.29 is 13.2 Å². The van der Waals surface area contributed by atoms with Crippen LogP contribution in [0.5, 0.6) is 0 Å². The Kier molecular flexibility index (Phi) is 5.32. The Morgan fingerprint density at radius 1 is 1.21 bits per heavy atom. The molecule has 0 amide bonds. The zero-order chi connectivity index (χ0) is 14.8. The molecule has 0 aliphatic heterocycles. The van der Waals surface area contributed by atoms with Crippen LogP contribution in [0.4, 0.5) is 8.78 Å². The molecule has 1 unspecified atom stereocenters. The van der Waals surface area contributed by atoms with Crippen molar-refractivity contribution in [2.24, 2.45) is 0 Å². The summed E-state index contributed by atoms with van der Waals surface area (Å²) in [6.07, 6.45) is 0. The largest absolute Gasteiger partial charge is 0.415 e. The molecule has 19 heavy (non-hydrogen) atoms. The Hall–Kier alpha value is -0.263. The van der Waals surface area contributed by atoms with Gasteiger partial charge in [-0.25, -0.2) is 8.78 Å². The first-order valence-corrected chi connectivity index (χ1v) is 10.1. The Labute approximate surface area is 123 Å². The van der Waals surface area contributed by atoms with Crippen molar-refractivity contribution in [1.82, 2.24) is 0 Å². The molecule has 0 aromatic heterocycles. The van der Waals surface area contributed by atoms with Crippen molar-refractivity contribution in [1.29, 1.82) is 0 Å². The fourth-order valence-electron chi connectivity index (χ4n) is 1.39. The number of rotatable bonds is 4. The normalized spacial score (nSPS) is 14.5. The van der Waals surface area contributed by atoms with Gasteiger partial charge in [0.15, 0.2) is 8.32 Å². The SMILES string of the molecule is CC(C)(C)[Si](C)(C)OCC(Br)c1c(F)cccc1F. The molecule has 108 valence electrons. The molecule has 1 nitrogen and oxygen atoms in total. The Balaban J connectivity index is 2.79. The summed E-state index contributed by atoms with van der Waals surface area (Å²) in [4.78, 5) is -0.470. The molecular weight excluding hydrogens is 330 g/mol. The van der Waals surface area contributed by atoms with E-state index in [-0.39, 0.29) is 17.2 Å². The van der Waals surface area contributed by atoms with Gasteiger partial charge in [0.05, 0.1) is 11.4 Å². The Morgan fingerprint density at radius 3 is 2.11 bits per heavy atom. The van der Waals surface area contributed by atoms with Crippen molar-refractivity contribution in [2.45, 2.75) is 43.7 Å². The molecule has 0 aliphatic carbocycles. The minimum atomic E-state index is -1.91. The molecule has 0 saturated heterocycles. The highest BCUT2D eigenvalue weighted by Gasteiger charge is 2.37. The third kappa shape index (κ3) is 4.10. The van der Waals surface area contributed by atoms with Gasteiger partial charge < -0.3 is 4.43 Å².